The first-order valence-electron chi connectivity index (χ1n) is 6.54. The van der Waals surface area contributed by atoms with Crippen molar-refractivity contribution in [1.29, 1.82) is 0 Å². The van der Waals surface area contributed by atoms with E-state index >= 15 is 0 Å². The van der Waals surface area contributed by atoms with Gasteiger partial charge in [0.1, 0.15) is 0 Å². The highest BCUT2D eigenvalue weighted by Crippen LogP contribution is 2.25. The summed E-state index contributed by atoms with van der Waals surface area (Å²) in [7, 11) is -0.218. The highest BCUT2D eigenvalue weighted by atomic mass is 35.5. The van der Waals surface area contributed by atoms with Crippen LogP contribution >= 0.6 is 11.6 Å². The molecule has 0 amide bonds. The second kappa shape index (κ2) is 7.23. The van der Waals surface area contributed by atoms with E-state index in [9.17, 15) is 0 Å². The predicted octanol–water partition coefficient (Wildman–Crippen LogP) is 5.28. The minimum atomic E-state index is -0.218. The lowest BCUT2D eigenvalue weighted by Crippen LogP contribution is -2.21. The molecule has 17 heavy (non-hydrogen) atoms. The first kappa shape index (κ1) is 14.8. The van der Waals surface area contributed by atoms with Gasteiger partial charge in [-0.25, -0.2) is 0 Å². The Labute approximate surface area is 113 Å². The zero-order chi connectivity index (χ0) is 12.8. The fourth-order valence-corrected chi connectivity index (χ4v) is 5.57. The Morgan fingerprint density at radius 2 is 1.41 bits per heavy atom. The summed E-state index contributed by atoms with van der Waals surface area (Å²) < 4.78 is 0. The molecule has 0 heterocycles. The maximum absolute atomic E-state index is 5.79. The van der Waals surface area contributed by atoms with Gasteiger partial charge in [0.15, 0.2) is 0 Å². The van der Waals surface area contributed by atoms with Crippen LogP contribution in [0.15, 0.2) is 24.3 Å². The lowest BCUT2D eigenvalue weighted by atomic mass is 10.1. The zero-order valence-electron chi connectivity index (χ0n) is 11.5. The van der Waals surface area contributed by atoms with Gasteiger partial charge in [-0.1, -0.05) is 69.1 Å². The molecule has 0 bridgehead atoms. The van der Waals surface area contributed by atoms with Crippen molar-refractivity contribution >= 4 is 20.4 Å². The number of benzene rings is 1. The van der Waals surface area contributed by atoms with Gasteiger partial charge >= 0.3 is 0 Å². The highest BCUT2D eigenvalue weighted by Gasteiger charge is 2.19. The van der Waals surface area contributed by atoms with Gasteiger partial charge < -0.3 is 0 Å². The Morgan fingerprint density at radius 3 is 1.82 bits per heavy atom. The molecule has 0 saturated carbocycles. The van der Waals surface area contributed by atoms with Gasteiger partial charge in [-0.05, 0) is 17.5 Å². The molecule has 0 aliphatic heterocycles. The minimum Gasteiger partial charge on any atom is -0.122 e. The van der Waals surface area contributed by atoms with E-state index in [0.717, 1.165) is 11.1 Å². The van der Waals surface area contributed by atoms with Gasteiger partial charge in [-0.15, -0.1) is 11.6 Å². The number of halogens is 1. The lowest BCUT2D eigenvalue weighted by molar-refractivity contribution is 0.903. The van der Waals surface area contributed by atoms with E-state index in [0.29, 0.717) is 5.88 Å². The maximum Gasteiger partial charge on any atom is 0.0537 e. The topological polar surface area (TPSA) is 0 Å². The third-order valence-corrected chi connectivity index (χ3v) is 7.47. The Kier molecular flexibility index (Phi) is 6.28. The van der Waals surface area contributed by atoms with Gasteiger partial charge in [-0.2, -0.15) is 0 Å². The van der Waals surface area contributed by atoms with Crippen LogP contribution in [0.4, 0.5) is 0 Å². The second-order valence-electron chi connectivity index (χ2n) is 5.33. The molecule has 0 aromatic heterocycles. The molecular formula is C15H24ClSi. The van der Waals surface area contributed by atoms with Crippen LogP contribution in [0.3, 0.4) is 0 Å². The number of alkyl halides is 1. The summed E-state index contributed by atoms with van der Waals surface area (Å²) in [5, 5.41) is 0. The van der Waals surface area contributed by atoms with Crippen LogP contribution in [-0.4, -0.2) is 8.80 Å². The van der Waals surface area contributed by atoms with E-state index < -0.39 is 0 Å². The molecule has 0 aliphatic carbocycles. The standard InChI is InChI=1S/C15H24ClSi/c1-12(2)17(13(3)4)10-9-14-5-7-15(11-16)8-6-14/h5-8,12-13H,9-11H2,1-4H3. The van der Waals surface area contributed by atoms with E-state index in [1.165, 1.54) is 23.6 Å². The van der Waals surface area contributed by atoms with Crippen LogP contribution in [-0.2, 0) is 12.3 Å². The molecule has 0 N–H and O–H groups in total. The number of hydrogen-bond donors (Lipinski definition) is 0. The van der Waals surface area contributed by atoms with Gasteiger partial charge in [0.05, 0.1) is 8.80 Å². The summed E-state index contributed by atoms with van der Waals surface area (Å²) in [6.45, 7) is 9.52. The van der Waals surface area contributed by atoms with Crippen molar-refractivity contribution in [3.05, 3.63) is 35.4 Å². The zero-order valence-corrected chi connectivity index (χ0v) is 13.2. The molecule has 0 atom stereocenters. The number of aryl methyl sites for hydroxylation is 1. The molecule has 0 fully saturated rings. The van der Waals surface area contributed by atoms with E-state index in [1.807, 2.05) is 0 Å². The molecular weight excluding hydrogens is 244 g/mol. The largest absolute Gasteiger partial charge is 0.122 e. The summed E-state index contributed by atoms with van der Waals surface area (Å²) in [5.74, 6) is 0.618. The first-order valence-corrected chi connectivity index (χ1v) is 8.93. The van der Waals surface area contributed by atoms with E-state index in [2.05, 4.69) is 52.0 Å². The predicted molar refractivity (Wildman–Crippen MR) is 80.5 cm³/mol. The first-order chi connectivity index (χ1) is 8.04. The van der Waals surface area contributed by atoms with Crippen LogP contribution in [0.5, 0.6) is 0 Å². The van der Waals surface area contributed by atoms with Crippen LogP contribution < -0.4 is 0 Å². The van der Waals surface area contributed by atoms with Crippen molar-refractivity contribution in [2.75, 3.05) is 0 Å². The van der Waals surface area contributed by atoms with Crippen LogP contribution in [0.2, 0.25) is 17.1 Å². The number of rotatable bonds is 6. The lowest BCUT2D eigenvalue weighted by Gasteiger charge is -2.22. The molecule has 0 unspecified atom stereocenters. The minimum absolute atomic E-state index is 0.218. The molecule has 0 spiro atoms. The Hall–Kier alpha value is -0.273. The fourth-order valence-electron chi connectivity index (χ4n) is 2.33. The number of hydrogen-bond acceptors (Lipinski definition) is 0. The van der Waals surface area contributed by atoms with Crippen molar-refractivity contribution in [2.24, 2.45) is 0 Å². The van der Waals surface area contributed by atoms with Gasteiger partial charge in [0.25, 0.3) is 0 Å². The fraction of sp³-hybridized carbons (Fsp3) is 0.600. The third-order valence-electron chi connectivity index (χ3n) is 3.36. The Balaban J connectivity index is 2.53. The Bertz CT molecular complexity index is 308. The molecule has 2 heteroatoms. The monoisotopic (exact) mass is 267 g/mol. The molecule has 0 saturated heterocycles. The summed E-state index contributed by atoms with van der Waals surface area (Å²) in [6.07, 6.45) is 1.23. The second-order valence-corrected chi connectivity index (χ2v) is 9.56. The molecule has 1 rings (SSSR count). The molecule has 1 aromatic rings. The average molecular weight is 268 g/mol. The molecule has 0 nitrogen and oxygen atoms in total. The van der Waals surface area contributed by atoms with Crippen molar-refractivity contribution in [1.82, 2.24) is 0 Å². The summed E-state index contributed by atoms with van der Waals surface area (Å²) in [5.41, 5.74) is 4.43. The van der Waals surface area contributed by atoms with Crippen molar-refractivity contribution < 1.29 is 0 Å². The molecule has 95 valence electrons. The highest BCUT2D eigenvalue weighted by molar-refractivity contribution is 6.61. The molecule has 0 aliphatic rings. The van der Waals surface area contributed by atoms with Gasteiger partial charge in [0.2, 0.25) is 0 Å². The van der Waals surface area contributed by atoms with E-state index in [4.69, 9.17) is 11.6 Å². The van der Waals surface area contributed by atoms with E-state index in [1.54, 1.807) is 0 Å². The third kappa shape index (κ3) is 4.85. The van der Waals surface area contributed by atoms with E-state index in [-0.39, 0.29) is 8.80 Å². The average Bonchev–Trinajstić information content (AvgIpc) is 2.29. The van der Waals surface area contributed by atoms with Crippen LogP contribution in [0, 0.1) is 0 Å². The quantitative estimate of drug-likeness (QED) is 0.486. The normalized spacial score (nSPS) is 11.8. The van der Waals surface area contributed by atoms with Crippen molar-refractivity contribution in [2.45, 2.75) is 57.1 Å². The summed E-state index contributed by atoms with van der Waals surface area (Å²) in [6, 6.07) is 10.2. The van der Waals surface area contributed by atoms with Crippen LogP contribution in [0.25, 0.3) is 0 Å². The maximum atomic E-state index is 5.79. The van der Waals surface area contributed by atoms with Gasteiger partial charge in [0, 0.05) is 5.88 Å². The summed E-state index contributed by atoms with van der Waals surface area (Å²) >= 11 is 5.79. The Morgan fingerprint density at radius 1 is 0.941 bits per heavy atom. The van der Waals surface area contributed by atoms with Crippen molar-refractivity contribution in [3.63, 3.8) is 0 Å². The van der Waals surface area contributed by atoms with Crippen LogP contribution in [0.1, 0.15) is 38.8 Å². The smallest absolute Gasteiger partial charge is 0.0537 e. The van der Waals surface area contributed by atoms with Gasteiger partial charge in [-0.3, -0.25) is 0 Å². The molecule has 1 aromatic carbocycles. The summed E-state index contributed by atoms with van der Waals surface area (Å²) in [4.78, 5) is 0. The SMILES string of the molecule is CC(C)[Si](CCc1ccc(CCl)cc1)C(C)C. The van der Waals surface area contributed by atoms with Crippen molar-refractivity contribution in [3.8, 4) is 0 Å². The molecule has 1 radical (unpaired) electrons.